The molecule has 0 atom stereocenters. The number of sulfonamides is 1. The van der Waals surface area contributed by atoms with Crippen LogP contribution in [0.5, 0.6) is 17.4 Å². The van der Waals surface area contributed by atoms with Crippen LogP contribution in [-0.2, 0) is 10.0 Å². The number of anilines is 2. The second-order valence-corrected chi connectivity index (χ2v) is 13.8. The normalized spacial score (nSPS) is 14.5. The van der Waals surface area contributed by atoms with E-state index in [2.05, 4.69) is 38.5 Å². The van der Waals surface area contributed by atoms with Gasteiger partial charge in [-0.1, -0.05) is 6.07 Å². The van der Waals surface area contributed by atoms with Gasteiger partial charge >= 0.3 is 0 Å². The van der Waals surface area contributed by atoms with E-state index in [4.69, 9.17) is 15.2 Å². The Morgan fingerprint density at radius 2 is 1.81 bits per heavy atom. The Hall–Kier alpha value is -5.02. The minimum Gasteiger partial charge on any atom is -0.488 e. The summed E-state index contributed by atoms with van der Waals surface area (Å²) in [7, 11) is -3.63. The number of benzene rings is 2. The summed E-state index contributed by atoms with van der Waals surface area (Å²) in [6, 6.07) is 10.2. The molecule has 252 valence electrons. The molecule has 5 aromatic rings. The van der Waals surface area contributed by atoms with E-state index in [1.807, 2.05) is 0 Å². The number of halogens is 2. The fourth-order valence-corrected chi connectivity index (χ4v) is 6.26. The highest BCUT2D eigenvalue weighted by molar-refractivity contribution is 7.92. The first-order valence-corrected chi connectivity index (χ1v) is 17.2. The molecule has 0 spiro atoms. The number of pyridine rings is 1. The molecule has 0 radical (unpaired) electrons. The zero-order chi connectivity index (χ0) is 34.3. The number of nitrogens with one attached hydrogen (secondary N) is 2. The van der Waals surface area contributed by atoms with E-state index >= 15 is 0 Å². The van der Waals surface area contributed by atoms with Gasteiger partial charge in [0.2, 0.25) is 27.4 Å². The first-order valence-electron chi connectivity index (χ1n) is 15.3. The zero-order valence-corrected chi connectivity index (χ0v) is 27.6. The number of ether oxygens (including phenoxy) is 2. The zero-order valence-electron chi connectivity index (χ0n) is 26.8. The van der Waals surface area contributed by atoms with Gasteiger partial charge in [0.25, 0.3) is 0 Å². The van der Waals surface area contributed by atoms with Gasteiger partial charge in [0.15, 0.2) is 11.6 Å². The molecule has 1 fully saturated rings. The summed E-state index contributed by atoms with van der Waals surface area (Å²) >= 11 is 0. The number of ketones is 1. The quantitative estimate of drug-likeness (QED) is 0.161. The number of hydrogen-bond donors (Lipinski definition) is 3. The van der Waals surface area contributed by atoms with Gasteiger partial charge in [-0.05, 0) is 69.5 Å². The molecule has 1 saturated heterocycles. The maximum Gasteiger partial charge on any atom is 0.229 e. The second-order valence-electron chi connectivity index (χ2n) is 12.1. The van der Waals surface area contributed by atoms with E-state index in [9.17, 15) is 22.0 Å². The molecule has 0 unspecified atom stereocenters. The van der Waals surface area contributed by atoms with Gasteiger partial charge in [0.05, 0.1) is 41.3 Å². The van der Waals surface area contributed by atoms with Crippen LogP contribution in [0.25, 0.3) is 16.6 Å². The van der Waals surface area contributed by atoms with Crippen molar-refractivity contribution in [1.82, 2.24) is 24.6 Å². The summed E-state index contributed by atoms with van der Waals surface area (Å²) in [5, 5.41) is 4.93. The predicted molar refractivity (Wildman–Crippen MR) is 177 cm³/mol. The van der Waals surface area contributed by atoms with Gasteiger partial charge in [0.1, 0.15) is 17.7 Å². The topological polar surface area (TPSA) is 157 Å². The number of para-hydroxylation sites is 1. The monoisotopic (exact) mass is 679 g/mol. The number of likely N-dealkylation sites (tertiary alicyclic amines) is 1. The van der Waals surface area contributed by atoms with E-state index in [-0.39, 0.29) is 34.7 Å². The van der Waals surface area contributed by atoms with Gasteiger partial charge in [0, 0.05) is 36.1 Å². The largest absolute Gasteiger partial charge is 0.488 e. The van der Waals surface area contributed by atoms with Crippen LogP contribution in [0.2, 0.25) is 0 Å². The second kappa shape index (κ2) is 12.9. The molecule has 15 heteroatoms. The number of H-pyrrole nitrogens is 1. The highest BCUT2D eigenvalue weighted by Gasteiger charge is 2.25. The lowest BCUT2D eigenvalue weighted by atomic mass is 10.1. The minimum atomic E-state index is -3.63. The van der Waals surface area contributed by atoms with Gasteiger partial charge in [-0.3, -0.25) is 9.52 Å². The number of aryl methyl sites for hydroxylation is 1. The molecule has 1 aliphatic rings. The number of fused-ring (bicyclic) bond motifs is 1. The van der Waals surface area contributed by atoms with E-state index in [1.165, 1.54) is 29.2 Å². The number of nitrogens with two attached hydrogens (primary N) is 1. The molecule has 48 heavy (non-hydrogen) atoms. The molecule has 4 N–H and O–H groups in total. The highest BCUT2D eigenvalue weighted by Crippen LogP contribution is 2.35. The third kappa shape index (κ3) is 6.82. The number of rotatable bonds is 10. The molecule has 1 aliphatic heterocycles. The van der Waals surface area contributed by atoms with Crippen molar-refractivity contribution in [3.8, 4) is 23.1 Å². The van der Waals surface area contributed by atoms with Crippen LogP contribution in [0, 0.1) is 18.6 Å². The van der Waals surface area contributed by atoms with Crippen molar-refractivity contribution in [1.29, 1.82) is 0 Å². The van der Waals surface area contributed by atoms with E-state index in [1.54, 1.807) is 25.1 Å². The Labute approximate surface area is 275 Å². The van der Waals surface area contributed by atoms with E-state index in [0.29, 0.717) is 33.9 Å². The first-order chi connectivity index (χ1) is 22.8. The van der Waals surface area contributed by atoms with Crippen molar-refractivity contribution in [3.63, 3.8) is 0 Å². The van der Waals surface area contributed by atoms with Gasteiger partial charge in [-0.15, -0.1) is 0 Å². The van der Waals surface area contributed by atoms with E-state index < -0.39 is 33.2 Å². The Bertz CT molecular complexity index is 2100. The molecular formula is C33H35F2N7O5S. The highest BCUT2D eigenvalue weighted by atomic mass is 32.2. The Morgan fingerprint density at radius 1 is 1.10 bits per heavy atom. The lowest BCUT2D eigenvalue weighted by Gasteiger charge is -2.34. The number of piperidine rings is 1. The standard InChI is InChI=1S/C33H35F2N7O5S/c1-18(2)41-10-8-21(9-11-41)46-29-14-20-13-27(39-25(20)15-26(29)40-48(4,44)45)31(43)22-16-38-42(33(22)36)28-17-37-30(12-19(28)3)47-32-23(34)6-5-7-24(32)35/h5-7,12-18,21,39-40H,8-11,36H2,1-4H3. The van der Waals surface area contributed by atoms with Crippen molar-refractivity contribution >= 4 is 38.2 Å². The summed E-state index contributed by atoms with van der Waals surface area (Å²) in [6.45, 7) is 7.76. The molecule has 3 aromatic heterocycles. The summed E-state index contributed by atoms with van der Waals surface area (Å²) in [6.07, 6.45) is 5.26. The van der Waals surface area contributed by atoms with Crippen LogP contribution >= 0.6 is 0 Å². The third-order valence-electron chi connectivity index (χ3n) is 8.22. The van der Waals surface area contributed by atoms with Gasteiger partial charge in [-0.2, -0.15) is 5.10 Å². The van der Waals surface area contributed by atoms with Crippen molar-refractivity contribution in [2.45, 2.75) is 45.8 Å². The van der Waals surface area contributed by atoms with Crippen LogP contribution in [-0.4, -0.2) is 70.3 Å². The summed E-state index contributed by atoms with van der Waals surface area (Å²) in [5.74, 6) is -2.41. The number of nitrogens with zero attached hydrogens (tertiary/aromatic N) is 4. The first kappa shape index (κ1) is 32.9. The maximum atomic E-state index is 14.1. The van der Waals surface area contributed by atoms with Crippen LogP contribution < -0.4 is 19.9 Å². The number of carbonyl (C=O) groups excluding carboxylic acids is 1. The van der Waals surface area contributed by atoms with Crippen molar-refractivity contribution in [2.75, 3.05) is 29.8 Å². The molecule has 0 bridgehead atoms. The molecule has 0 saturated carbocycles. The van der Waals surface area contributed by atoms with Crippen LogP contribution in [0.15, 0.2) is 54.9 Å². The maximum absolute atomic E-state index is 14.1. The lowest BCUT2D eigenvalue weighted by molar-refractivity contribution is 0.0849. The number of aromatic amines is 1. The SMILES string of the molecule is Cc1cc(Oc2c(F)cccc2F)ncc1-n1ncc(C(=O)c2cc3cc(OC4CCN(C(C)C)CC4)c(NS(C)(=O)=O)cc3[nH]2)c1N. The molecule has 12 nitrogen and oxygen atoms in total. The summed E-state index contributed by atoms with van der Waals surface area (Å²) in [4.78, 5) is 23.3. The fraction of sp³-hybridized carbons (Fsp3) is 0.303. The van der Waals surface area contributed by atoms with Crippen LogP contribution in [0.1, 0.15) is 48.3 Å². The molecular weight excluding hydrogens is 644 g/mol. The fourth-order valence-electron chi connectivity index (χ4n) is 5.70. The average molecular weight is 680 g/mol. The number of carbonyl (C=O) groups is 1. The summed E-state index contributed by atoms with van der Waals surface area (Å²) in [5.41, 5.74) is 8.46. The lowest BCUT2D eigenvalue weighted by Crippen LogP contribution is -2.41. The van der Waals surface area contributed by atoms with Crippen molar-refractivity contribution in [2.24, 2.45) is 0 Å². The summed E-state index contributed by atoms with van der Waals surface area (Å²) < 4.78 is 68.1. The Morgan fingerprint density at radius 3 is 2.46 bits per heavy atom. The average Bonchev–Trinajstić information content (AvgIpc) is 3.61. The number of nitrogen functional groups attached to an aromatic ring is 1. The Kier molecular flexibility index (Phi) is 8.83. The van der Waals surface area contributed by atoms with Crippen LogP contribution in [0.3, 0.4) is 0 Å². The number of aromatic nitrogens is 4. The third-order valence-corrected chi connectivity index (χ3v) is 8.82. The van der Waals surface area contributed by atoms with E-state index in [0.717, 1.165) is 44.3 Å². The van der Waals surface area contributed by atoms with Crippen molar-refractivity contribution in [3.05, 3.63) is 83.3 Å². The smallest absolute Gasteiger partial charge is 0.229 e. The molecule has 4 heterocycles. The number of hydrogen-bond acceptors (Lipinski definition) is 9. The molecule has 2 aromatic carbocycles. The molecule has 0 aliphatic carbocycles. The predicted octanol–water partition coefficient (Wildman–Crippen LogP) is 5.56. The van der Waals surface area contributed by atoms with Crippen LogP contribution in [0.4, 0.5) is 20.3 Å². The van der Waals surface area contributed by atoms with Gasteiger partial charge in [-0.25, -0.2) is 26.9 Å². The Balaban J connectivity index is 1.26. The molecule has 0 amide bonds. The van der Waals surface area contributed by atoms with Crippen molar-refractivity contribution < 1.29 is 31.5 Å². The molecule has 6 rings (SSSR count). The minimum absolute atomic E-state index is 0.0357. The van der Waals surface area contributed by atoms with Gasteiger partial charge < -0.3 is 25.1 Å².